The maximum atomic E-state index is 13.8. The van der Waals surface area contributed by atoms with Crippen LogP contribution in [0.2, 0.25) is 0 Å². The Balaban J connectivity index is 2.41. The molecule has 2 aromatic rings. The van der Waals surface area contributed by atoms with Crippen LogP contribution in [-0.4, -0.2) is 23.2 Å². The molecule has 0 aliphatic heterocycles. The molecule has 1 unspecified atom stereocenters. The van der Waals surface area contributed by atoms with E-state index < -0.39 is 5.54 Å². The Bertz CT molecular complexity index is 647. The number of rotatable bonds is 4. The Morgan fingerprint density at radius 2 is 2.20 bits per heavy atom. The van der Waals surface area contributed by atoms with Crippen LogP contribution in [0.15, 0.2) is 18.2 Å². The van der Waals surface area contributed by atoms with E-state index in [1.807, 2.05) is 6.92 Å². The quantitative estimate of drug-likeness (QED) is 0.909. The maximum Gasteiger partial charge on any atom is 0.262 e. The highest BCUT2D eigenvalue weighted by molar-refractivity contribution is 7.21. The standard InChI is InChI=1S/C15H18FNO2S/c1-4-15(3,8-18)17-14(19)13-9(2)12-10(16)6-5-7-11(12)20-13/h5-7,18H,4,8H2,1-3H3,(H,17,19). The predicted molar refractivity (Wildman–Crippen MR) is 79.8 cm³/mol. The summed E-state index contributed by atoms with van der Waals surface area (Å²) < 4.78 is 14.6. The summed E-state index contributed by atoms with van der Waals surface area (Å²) in [4.78, 5) is 12.8. The van der Waals surface area contributed by atoms with Gasteiger partial charge in [0, 0.05) is 10.1 Å². The van der Waals surface area contributed by atoms with Crippen molar-refractivity contribution in [3.8, 4) is 0 Å². The van der Waals surface area contributed by atoms with Crippen molar-refractivity contribution in [2.45, 2.75) is 32.7 Å². The van der Waals surface area contributed by atoms with Crippen molar-refractivity contribution in [2.75, 3.05) is 6.61 Å². The third-order valence-corrected chi connectivity index (χ3v) is 4.91. The molecule has 0 bridgehead atoms. The average molecular weight is 295 g/mol. The average Bonchev–Trinajstić information content (AvgIpc) is 2.77. The van der Waals surface area contributed by atoms with Gasteiger partial charge in [-0.1, -0.05) is 13.0 Å². The van der Waals surface area contributed by atoms with Crippen LogP contribution in [-0.2, 0) is 0 Å². The van der Waals surface area contributed by atoms with Crippen molar-refractivity contribution in [1.82, 2.24) is 5.32 Å². The number of amides is 1. The van der Waals surface area contributed by atoms with Crippen LogP contribution in [0, 0.1) is 12.7 Å². The first-order chi connectivity index (χ1) is 9.41. The number of carbonyl (C=O) groups excluding carboxylic acids is 1. The van der Waals surface area contributed by atoms with E-state index in [1.165, 1.54) is 17.4 Å². The van der Waals surface area contributed by atoms with Gasteiger partial charge < -0.3 is 10.4 Å². The number of hydrogen-bond donors (Lipinski definition) is 2. The monoisotopic (exact) mass is 295 g/mol. The predicted octanol–water partition coefficient (Wildman–Crippen LogP) is 3.24. The Morgan fingerprint density at radius 3 is 2.75 bits per heavy atom. The molecule has 20 heavy (non-hydrogen) atoms. The van der Waals surface area contributed by atoms with Crippen molar-refractivity contribution >= 4 is 27.3 Å². The third kappa shape index (κ3) is 2.55. The van der Waals surface area contributed by atoms with Gasteiger partial charge in [-0.05, 0) is 38.0 Å². The van der Waals surface area contributed by atoms with Crippen LogP contribution in [0.4, 0.5) is 4.39 Å². The van der Waals surface area contributed by atoms with Crippen LogP contribution in [0.3, 0.4) is 0 Å². The second-order valence-corrected chi connectivity index (χ2v) is 6.25. The van der Waals surface area contributed by atoms with E-state index >= 15 is 0 Å². The summed E-state index contributed by atoms with van der Waals surface area (Å²) in [6.07, 6.45) is 0.619. The first-order valence-corrected chi connectivity index (χ1v) is 7.34. The van der Waals surface area contributed by atoms with E-state index in [9.17, 15) is 14.3 Å². The van der Waals surface area contributed by atoms with E-state index in [0.29, 0.717) is 22.2 Å². The number of aryl methyl sites for hydroxylation is 1. The Hall–Kier alpha value is -1.46. The summed E-state index contributed by atoms with van der Waals surface area (Å²) >= 11 is 1.27. The number of benzene rings is 1. The van der Waals surface area contributed by atoms with E-state index in [0.717, 1.165) is 4.70 Å². The topological polar surface area (TPSA) is 49.3 Å². The third-order valence-electron chi connectivity index (χ3n) is 3.65. The molecule has 5 heteroatoms. The van der Waals surface area contributed by atoms with E-state index in [4.69, 9.17) is 0 Å². The van der Waals surface area contributed by atoms with Gasteiger partial charge in [-0.3, -0.25) is 4.79 Å². The molecular weight excluding hydrogens is 277 g/mol. The van der Waals surface area contributed by atoms with Gasteiger partial charge in [0.05, 0.1) is 17.0 Å². The van der Waals surface area contributed by atoms with Gasteiger partial charge in [-0.25, -0.2) is 4.39 Å². The van der Waals surface area contributed by atoms with E-state index in [1.54, 1.807) is 26.0 Å². The minimum atomic E-state index is -0.655. The van der Waals surface area contributed by atoms with Gasteiger partial charge in [0.2, 0.25) is 0 Å². The lowest BCUT2D eigenvalue weighted by Gasteiger charge is -2.27. The van der Waals surface area contributed by atoms with Crippen LogP contribution < -0.4 is 5.32 Å². The molecule has 1 heterocycles. The first kappa shape index (κ1) is 14.9. The van der Waals surface area contributed by atoms with Gasteiger partial charge in [0.1, 0.15) is 5.82 Å². The number of thiophene rings is 1. The van der Waals surface area contributed by atoms with Crippen LogP contribution in [0.5, 0.6) is 0 Å². The number of halogens is 1. The van der Waals surface area contributed by atoms with Crippen molar-refractivity contribution in [3.63, 3.8) is 0 Å². The van der Waals surface area contributed by atoms with Crippen LogP contribution in [0.1, 0.15) is 35.5 Å². The number of hydrogen-bond acceptors (Lipinski definition) is 3. The second-order valence-electron chi connectivity index (χ2n) is 5.20. The maximum absolute atomic E-state index is 13.8. The normalized spacial score (nSPS) is 14.2. The molecule has 0 saturated heterocycles. The zero-order valence-electron chi connectivity index (χ0n) is 11.8. The molecule has 0 radical (unpaired) electrons. The second kappa shape index (κ2) is 5.50. The van der Waals surface area contributed by atoms with Gasteiger partial charge in [-0.15, -0.1) is 11.3 Å². The van der Waals surface area contributed by atoms with E-state index in [2.05, 4.69) is 5.32 Å². The molecule has 1 aromatic heterocycles. The number of aliphatic hydroxyl groups excluding tert-OH is 1. The lowest BCUT2D eigenvalue weighted by Crippen LogP contribution is -2.48. The molecule has 108 valence electrons. The zero-order valence-corrected chi connectivity index (χ0v) is 12.6. The summed E-state index contributed by atoms with van der Waals surface area (Å²) in [5.41, 5.74) is -0.00453. The highest BCUT2D eigenvalue weighted by Gasteiger charge is 2.26. The minimum Gasteiger partial charge on any atom is -0.394 e. The molecule has 2 N–H and O–H groups in total. The summed E-state index contributed by atoms with van der Waals surface area (Å²) in [6.45, 7) is 5.30. The SMILES string of the molecule is CCC(C)(CO)NC(=O)c1sc2cccc(F)c2c1C. The fourth-order valence-electron chi connectivity index (χ4n) is 2.04. The molecule has 0 spiro atoms. The van der Waals surface area contributed by atoms with Crippen molar-refractivity contribution in [2.24, 2.45) is 0 Å². The molecule has 1 aromatic carbocycles. The van der Waals surface area contributed by atoms with Gasteiger partial charge >= 0.3 is 0 Å². The van der Waals surface area contributed by atoms with Crippen molar-refractivity contribution in [3.05, 3.63) is 34.5 Å². The Morgan fingerprint density at radius 1 is 1.50 bits per heavy atom. The summed E-state index contributed by atoms with van der Waals surface area (Å²) in [6, 6.07) is 4.84. The van der Waals surface area contributed by atoms with E-state index in [-0.39, 0.29) is 18.3 Å². The fraction of sp³-hybridized carbons (Fsp3) is 0.400. The first-order valence-electron chi connectivity index (χ1n) is 6.53. The number of aliphatic hydroxyl groups is 1. The molecular formula is C15H18FNO2S. The highest BCUT2D eigenvalue weighted by atomic mass is 32.1. The van der Waals surface area contributed by atoms with Gasteiger partial charge in [-0.2, -0.15) is 0 Å². The van der Waals surface area contributed by atoms with Crippen LogP contribution >= 0.6 is 11.3 Å². The summed E-state index contributed by atoms with van der Waals surface area (Å²) in [5, 5.41) is 12.7. The molecule has 2 rings (SSSR count). The molecule has 0 fully saturated rings. The molecule has 3 nitrogen and oxygen atoms in total. The highest BCUT2D eigenvalue weighted by Crippen LogP contribution is 2.32. The largest absolute Gasteiger partial charge is 0.394 e. The summed E-state index contributed by atoms with van der Waals surface area (Å²) in [7, 11) is 0. The molecule has 1 amide bonds. The van der Waals surface area contributed by atoms with Crippen LogP contribution in [0.25, 0.3) is 10.1 Å². The molecule has 0 aliphatic rings. The zero-order chi connectivity index (χ0) is 14.9. The number of carbonyl (C=O) groups is 1. The van der Waals surface area contributed by atoms with Gasteiger partial charge in [0.15, 0.2) is 0 Å². The van der Waals surface area contributed by atoms with Crippen molar-refractivity contribution < 1.29 is 14.3 Å². The fourth-order valence-corrected chi connectivity index (χ4v) is 3.16. The Labute approximate surface area is 121 Å². The smallest absolute Gasteiger partial charge is 0.262 e. The minimum absolute atomic E-state index is 0.131. The number of fused-ring (bicyclic) bond motifs is 1. The summed E-state index contributed by atoms with van der Waals surface area (Å²) in [5.74, 6) is -0.572. The molecule has 1 atom stereocenters. The molecule has 0 saturated carbocycles. The van der Waals surface area contributed by atoms with Gasteiger partial charge in [0.25, 0.3) is 5.91 Å². The molecule has 0 aliphatic carbocycles. The Kier molecular flexibility index (Phi) is 4.11. The van der Waals surface area contributed by atoms with Crippen molar-refractivity contribution in [1.29, 1.82) is 0 Å². The number of nitrogens with one attached hydrogen (secondary N) is 1. The lowest BCUT2D eigenvalue weighted by molar-refractivity contribution is 0.0851. The lowest BCUT2D eigenvalue weighted by atomic mass is 10.00.